The molecule has 0 spiro atoms. The number of rotatable bonds is 2. The van der Waals surface area contributed by atoms with Crippen LogP contribution in [0.5, 0.6) is 0 Å². The van der Waals surface area contributed by atoms with E-state index in [2.05, 4.69) is 11.2 Å². The van der Waals surface area contributed by atoms with Crippen molar-refractivity contribution in [3.63, 3.8) is 0 Å². The number of nitriles is 1. The van der Waals surface area contributed by atoms with Gasteiger partial charge in [0.05, 0.1) is 28.5 Å². The number of anilines is 1. The third-order valence-corrected chi connectivity index (χ3v) is 4.31. The van der Waals surface area contributed by atoms with E-state index < -0.39 is 0 Å². The lowest BCUT2D eigenvalue weighted by molar-refractivity contribution is 0.821. The van der Waals surface area contributed by atoms with E-state index in [0.717, 1.165) is 5.56 Å². The molecule has 26 heavy (non-hydrogen) atoms. The SMILES string of the molecule is N#Cc1c(-c2ccccc2)cc2cnn(-c3ccccc3)c(=O)c2c1N. The van der Waals surface area contributed by atoms with Crippen molar-refractivity contribution in [3.05, 3.63) is 88.8 Å². The highest BCUT2D eigenvalue weighted by Gasteiger charge is 2.17. The highest BCUT2D eigenvalue weighted by atomic mass is 16.1. The highest BCUT2D eigenvalue weighted by molar-refractivity contribution is 6.00. The number of fused-ring (bicyclic) bond motifs is 1. The van der Waals surface area contributed by atoms with Crippen molar-refractivity contribution in [2.45, 2.75) is 0 Å². The van der Waals surface area contributed by atoms with Crippen LogP contribution in [0, 0.1) is 11.3 Å². The predicted molar refractivity (Wildman–Crippen MR) is 102 cm³/mol. The zero-order valence-electron chi connectivity index (χ0n) is 13.8. The first-order chi connectivity index (χ1) is 12.7. The number of hydrogen-bond acceptors (Lipinski definition) is 4. The fourth-order valence-electron chi connectivity index (χ4n) is 3.06. The minimum atomic E-state index is -0.345. The molecule has 0 bridgehead atoms. The van der Waals surface area contributed by atoms with Crippen LogP contribution < -0.4 is 11.3 Å². The maximum Gasteiger partial charge on any atom is 0.281 e. The van der Waals surface area contributed by atoms with Gasteiger partial charge in [0.15, 0.2) is 0 Å². The Bertz CT molecular complexity index is 1210. The number of para-hydroxylation sites is 1. The van der Waals surface area contributed by atoms with E-state index in [0.29, 0.717) is 27.6 Å². The van der Waals surface area contributed by atoms with Gasteiger partial charge in [0, 0.05) is 10.9 Å². The van der Waals surface area contributed by atoms with Crippen molar-refractivity contribution in [2.24, 2.45) is 0 Å². The normalized spacial score (nSPS) is 10.6. The first kappa shape index (κ1) is 15.6. The molecule has 0 aliphatic carbocycles. The van der Waals surface area contributed by atoms with Crippen LogP contribution in [-0.2, 0) is 0 Å². The molecule has 0 saturated carbocycles. The quantitative estimate of drug-likeness (QED) is 0.567. The van der Waals surface area contributed by atoms with Crippen molar-refractivity contribution in [3.8, 4) is 22.9 Å². The minimum absolute atomic E-state index is 0.181. The molecule has 124 valence electrons. The average Bonchev–Trinajstić information content (AvgIpc) is 2.69. The third kappa shape index (κ3) is 2.41. The van der Waals surface area contributed by atoms with Crippen LogP contribution in [0.25, 0.3) is 27.6 Å². The fraction of sp³-hybridized carbons (Fsp3) is 0. The lowest BCUT2D eigenvalue weighted by Gasteiger charge is -2.12. The molecule has 0 aliphatic heterocycles. The monoisotopic (exact) mass is 338 g/mol. The Morgan fingerprint density at radius 3 is 2.31 bits per heavy atom. The van der Waals surface area contributed by atoms with Crippen molar-refractivity contribution in [1.29, 1.82) is 5.26 Å². The van der Waals surface area contributed by atoms with Crippen LogP contribution >= 0.6 is 0 Å². The Kier molecular flexibility index (Phi) is 3.71. The van der Waals surface area contributed by atoms with Crippen molar-refractivity contribution in [1.82, 2.24) is 9.78 Å². The summed E-state index contributed by atoms with van der Waals surface area (Å²) in [6.45, 7) is 0. The van der Waals surface area contributed by atoms with Gasteiger partial charge in [0.2, 0.25) is 0 Å². The van der Waals surface area contributed by atoms with Gasteiger partial charge in [-0.05, 0) is 23.8 Å². The van der Waals surface area contributed by atoms with Crippen molar-refractivity contribution < 1.29 is 0 Å². The molecule has 0 amide bonds. The van der Waals surface area contributed by atoms with Gasteiger partial charge in [0.25, 0.3) is 5.56 Å². The molecular formula is C21H14N4O. The van der Waals surface area contributed by atoms with Gasteiger partial charge in [-0.1, -0.05) is 48.5 Å². The molecule has 0 saturated heterocycles. The molecule has 0 unspecified atom stereocenters. The molecule has 0 radical (unpaired) electrons. The Labute approximate surface area is 149 Å². The number of aromatic nitrogens is 2. The average molecular weight is 338 g/mol. The standard InChI is InChI=1S/C21H14N4O/c22-12-18-17(14-7-3-1-4-8-14)11-15-13-24-25(16-9-5-2-6-10-16)21(26)19(15)20(18)23/h1-11,13H,23H2. The van der Waals surface area contributed by atoms with Crippen LogP contribution in [0.4, 0.5) is 5.69 Å². The second kappa shape index (κ2) is 6.19. The molecule has 4 aromatic rings. The summed E-state index contributed by atoms with van der Waals surface area (Å²) >= 11 is 0. The summed E-state index contributed by atoms with van der Waals surface area (Å²) in [5.41, 5.74) is 8.59. The molecule has 0 fully saturated rings. The summed E-state index contributed by atoms with van der Waals surface area (Å²) < 4.78 is 1.29. The van der Waals surface area contributed by atoms with Gasteiger partial charge in [-0.15, -0.1) is 0 Å². The Morgan fingerprint density at radius 2 is 1.65 bits per heavy atom. The summed E-state index contributed by atoms with van der Waals surface area (Å²) in [7, 11) is 0. The zero-order chi connectivity index (χ0) is 18.1. The smallest absolute Gasteiger partial charge is 0.281 e. The van der Waals surface area contributed by atoms with E-state index in [-0.39, 0.29) is 11.2 Å². The van der Waals surface area contributed by atoms with E-state index in [4.69, 9.17) is 5.73 Å². The third-order valence-electron chi connectivity index (χ3n) is 4.31. The minimum Gasteiger partial charge on any atom is -0.397 e. The molecule has 2 N–H and O–H groups in total. The molecule has 5 heteroatoms. The summed E-state index contributed by atoms with van der Waals surface area (Å²) in [5.74, 6) is 0. The second-order valence-electron chi connectivity index (χ2n) is 5.85. The Morgan fingerprint density at radius 1 is 1.00 bits per heavy atom. The molecule has 0 atom stereocenters. The zero-order valence-corrected chi connectivity index (χ0v) is 13.8. The van der Waals surface area contributed by atoms with Crippen LogP contribution in [0.1, 0.15) is 5.56 Å². The number of hydrogen-bond donors (Lipinski definition) is 1. The lowest BCUT2D eigenvalue weighted by Crippen LogP contribution is -2.22. The van der Waals surface area contributed by atoms with E-state index >= 15 is 0 Å². The molecule has 5 nitrogen and oxygen atoms in total. The van der Waals surface area contributed by atoms with Gasteiger partial charge in [-0.25, -0.2) is 0 Å². The van der Waals surface area contributed by atoms with Crippen molar-refractivity contribution >= 4 is 16.5 Å². The van der Waals surface area contributed by atoms with Gasteiger partial charge >= 0.3 is 0 Å². The molecule has 0 aliphatic rings. The topological polar surface area (TPSA) is 84.7 Å². The summed E-state index contributed by atoms with van der Waals surface area (Å²) in [6, 6.07) is 22.5. The van der Waals surface area contributed by atoms with Gasteiger partial charge in [-0.3, -0.25) is 4.79 Å². The molecule has 3 aromatic carbocycles. The number of nitrogens with two attached hydrogens (primary N) is 1. The first-order valence-electron chi connectivity index (χ1n) is 8.06. The maximum absolute atomic E-state index is 13.0. The van der Waals surface area contributed by atoms with E-state index in [9.17, 15) is 10.1 Å². The summed E-state index contributed by atoms with van der Waals surface area (Å²) in [6.07, 6.45) is 1.60. The number of benzene rings is 3. The Hall–Kier alpha value is -3.91. The van der Waals surface area contributed by atoms with E-state index in [1.807, 2.05) is 48.5 Å². The van der Waals surface area contributed by atoms with Gasteiger partial charge in [-0.2, -0.15) is 15.0 Å². The fourth-order valence-corrected chi connectivity index (χ4v) is 3.06. The van der Waals surface area contributed by atoms with Gasteiger partial charge in [0.1, 0.15) is 6.07 Å². The second-order valence-corrected chi connectivity index (χ2v) is 5.85. The Balaban J connectivity index is 2.05. The van der Waals surface area contributed by atoms with Gasteiger partial charge < -0.3 is 5.73 Å². The first-order valence-corrected chi connectivity index (χ1v) is 8.06. The van der Waals surface area contributed by atoms with Crippen LogP contribution in [0.2, 0.25) is 0 Å². The lowest BCUT2D eigenvalue weighted by atomic mass is 9.95. The van der Waals surface area contributed by atoms with Crippen LogP contribution in [0.3, 0.4) is 0 Å². The largest absolute Gasteiger partial charge is 0.397 e. The summed E-state index contributed by atoms with van der Waals surface area (Å²) in [5, 5.41) is 14.8. The molecule has 1 heterocycles. The van der Waals surface area contributed by atoms with E-state index in [1.54, 1.807) is 24.4 Å². The van der Waals surface area contributed by atoms with Crippen molar-refractivity contribution in [2.75, 3.05) is 5.73 Å². The van der Waals surface area contributed by atoms with Crippen LogP contribution in [0.15, 0.2) is 77.7 Å². The maximum atomic E-state index is 13.0. The number of nitrogens with zero attached hydrogens (tertiary/aromatic N) is 3. The molecule has 4 rings (SSSR count). The molecular weight excluding hydrogens is 324 g/mol. The van der Waals surface area contributed by atoms with Crippen LogP contribution in [-0.4, -0.2) is 9.78 Å². The molecule has 1 aromatic heterocycles. The summed E-state index contributed by atoms with van der Waals surface area (Å²) in [4.78, 5) is 13.0. The number of nitrogen functional groups attached to an aromatic ring is 1. The van der Waals surface area contributed by atoms with E-state index in [1.165, 1.54) is 4.68 Å². The predicted octanol–water partition coefficient (Wildman–Crippen LogP) is 3.51. The highest BCUT2D eigenvalue weighted by Crippen LogP contribution is 2.32.